The lowest BCUT2D eigenvalue weighted by atomic mass is 10.1. The Balaban J connectivity index is 2.52. The van der Waals surface area contributed by atoms with E-state index in [1.54, 1.807) is 7.05 Å². The number of amides is 3. The second kappa shape index (κ2) is 7.49. The fourth-order valence-corrected chi connectivity index (χ4v) is 2.27. The molecule has 0 saturated carbocycles. The molecule has 0 spiro atoms. The van der Waals surface area contributed by atoms with Crippen LogP contribution in [0.5, 0.6) is 0 Å². The number of primary amides is 1. The average Bonchev–Trinajstić information content (AvgIpc) is 2.86. The Kier molecular flexibility index (Phi) is 5.98. The van der Waals surface area contributed by atoms with E-state index in [1.807, 2.05) is 17.5 Å². The number of hydrogen-bond acceptors (Lipinski definition) is 4. The van der Waals surface area contributed by atoms with Gasteiger partial charge in [0.15, 0.2) is 0 Å². The van der Waals surface area contributed by atoms with Crippen LogP contribution in [0.15, 0.2) is 17.5 Å². The summed E-state index contributed by atoms with van der Waals surface area (Å²) in [5.74, 6) is -1.79. The summed E-state index contributed by atoms with van der Waals surface area (Å²) >= 11 is 1.51. The van der Waals surface area contributed by atoms with Gasteiger partial charge in [-0.3, -0.25) is 4.79 Å². The van der Waals surface area contributed by atoms with E-state index in [0.717, 1.165) is 4.88 Å². The Morgan fingerprint density at radius 3 is 2.70 bits per heavy atom. The first-order valence-corrected chi connectivity index (χ1v) is 6.83. The molecule has 0 unspecified atom stereocenters. The summed E-state index contributed by atoms with van der Waals surface area (Å²) in [6.45, 7) is 0.395. The molecule has 3 amide bonds. The van der Waals surface area contributed by atoms with Crippen molar-refractivity contribution >= 4 is 29.2 Å². The first-order chi connectivity index (χ1) is 9.40. The van der Waals surface area contributed by atoms with E-state index in [-0.39, 0.29) is 12.8 Å². The Morgan fingerprint density at radius 1 is 1.50 bits per heavy atom. The van der Waals surface area contributed by atoms with Gasteiger partial charge in [-0.1, -0.05) is 6.07 Å². The highest BCUT2D eigenvalue weighted by molar-refractivity contribution is 7.09. The third kappa shape index (κ3) is 5.27. The summed E-state index contributed by atoms with van der Waals surface area (Å²) < 4.78 is 0. The number of carboxylic acids is 1. The van der Waals surface area contributed by atoms with Crippen LogP contribution >= 0.6 is 11.3 Å². The van der Waals surface area contributed by atoms with Gasteiger partial charge in [0.1, 0.15) is 6.04 Å². The number of carbonyl (C=O) groups excluding carboxylic acids is 2. The number of thiophene rings is 1. The summed E-state index contributed by atoms with van der Waals surface area (Å²) in [4.78, 5) is 35.9. The van der Waals surface area contributed by atoms with E-state index in [2.05, 4.69) is 5.32 Å². The lowest BCUT2D eigenvalue weighted by Gasteiger charge is -2.20. The third-order valence-electron chi connectivity index (χ3n) is 2.60. The molecule has 0 aliphatic heterocycles. The zero-order valence-electron chi connectivity index (χ0n) is 11.0. The van der Waals surface area contributed by atoms with Crippen LogP contribution in [0.3, 0.4) is 0 Å². The number of hydrogen-bond donors (Lipinski definition) is 3. The van der Waals surface area contributed by atoms with Crippen molar-refractivity contribution in [1.82, 2.24) is 10.2 Å². The molecular weight excluding hydrogens is 282 g/mol. The quantitative estimate of drug-likeness (QED) is 0.684. The molecule has 0 fully saturated rings. The average molecular weight is 299 g/mol. The molecular formula is C12H17N3O4S. The van der Waals surface area contributed by atoms with Gasteiger partial charge in [-0.05, 0) is 17.9 Å². The van der Waals surface area contributed by atoms with E-state index in [0.29, 0.717) is 6.54 Å². The Labute approximate surface area is 120 Å². The lowest BCUT2D eigenvalue weighted by molar-refractivity contribution is -0.139. The molecule has 1 aromatic heterocycles. The summed E-state index contributed by atoms with van der Waals surface area (Å²) in [6, 6.07) is 2.13. The van der Waals surface area contributed by atoms with Crippen molar-refractivity contribution in [1.29, 1.82) is 0 Å². The highest BCUT2D eigenvalue weighted by Crippen LogP contribution is 2.11. The minimum absolute atomic E-state index is 0.0246. The summed E-state index contributed by atoms with van der Waals surface area (Å²) in [7, 11) is 1.57. The van der Waals surface area contributed by atoms with Crippen LogP contribution in [-0.4, -0.2) is 41.0 Å². The third-order valence-corrected chi connectivity index (χ3v) is 3.46. The van der Waals surface area contributed by atoms with Gasteiger partial charge in [-0.25, -0.2) is 9.59 Å². The second-order valence-corrected chi connectivity index (χ2v) is 5.31. The van der Waals surface area contributed by atoms with E-state index in [4.69, 9.17) is 10.8 Å². The van der Waals surface area contributed by atoms with Crippen LogP contribution in [0.2, 0.25) is 0 Å². The maximum Gasteiger partial charge on any atom is 0.326 e. The number of nitrogens with zero attached hydrogens (tertiary/aromatic N) is 1. The molecule has 7 nitrogen and oxygen atoms in total. The Bertz CT molecular complexity index is 475. The minimum atomic E-state index is -1.19. The number of aliphatic carboxylic acids is 1. The molecule has 1 aromatic rings. The van der Waals surface area contributed by atoms with Crippen LogP contribution in [0.25, 0.3) is 0 Å². The standard InChI is InChI=1S/C12H17N3O4S/c1-15(7-8-3-2-6-20-8)12(19)14-9(11(17)18)4-5-10(13)16/h2-3,6,9H,4-5,7H2,1H3,(H2,13,16)(H,14,19)(H,17,18)/t9-/m1/s1. The van der Waals surface area contributed by atoms with Gasteiger partial charge < -0.3 is 21.1 Å². The minimum Gasteiger partial charge on any atom is -0.480 e. The normalized spacial score (nSPS) is 11.7. The first-order valence-electron chi connectivity index (χ1n) is 5.95. The number of nitrogens with one attached hydrogen (secondary N) is 1. The fraction of sp³-hybridized carbons (Fsp3) is 0.417. The van der Waals surface area contributed by atoms with Crippen molar-refractivity contribution in [3.63, 3.8) is 0 Å². The van der Waals surface area contributed by atoms with Crippen LogP contribution in [0.4, 0.5) is 4.79 Å². The van der Waals surface area contributed by atoms with Gasteiger partial charge in [-0.2, -0.15) is 0 Å². The van der Waals surface area contributed by atoms with Gasteiger partial charge in [-0.15, -0.1) is 11.3 Å². The molecule has 0 aliphatic carbocycles. The van der Waals surface area contributed by atoms with Gasteiger partial charge in [0.2, 0.25) is 5.91 Å². The van der Waals surface area contributed by atoms with Gasteiger partial charge in [0.05, 0.1) is 6.54 Å². The zero-order chi connectivity index (χ0) is 15.1. The SMILES string of the molecule is CN(Cc1cccs1)C(=O)N[C@H](CCC(N)=O)C(=O)O. The molecule has 0 aromatic carbocycles. The Hall–Kier alpha value is -2.09. The van der Waals surface area contributed by atoms with Crippen LogP contribution in [-0.2, 0) is 16.1 Å². The number of urea groups is 1. The zero-order valence-corrected chi connectivity index (χ0v) is 11.9. The van der Waals surface area contributed by atoms with E-state index >= 15 is 0 Å². The monoisotopic (exact) mass is 299 g/mol. The van der Waals surface area contributed by atoms with Crippen molar-refractivity contribution in [3.8, 4) is 0 Å². The second-order valence-electron chi connectivity index (χ2n) is 4.28. The number of carbonyl (C=O) groups is 3. The molecule has 1 heterocycles. The molecule has 1 rings (SSSR count). The van der Waals surface area contributed by atoms with Crippen LogP contribution in [0.1, 0.15) is 17.7 Å². The smallest absolute Gasteiger partial charge is 0.326 e. The number of carboxylic acid groups (broad SMARTS) is 1. The van der Waals surface area contributed by atoms with Crippen molar-refractivity contribution in [3.05, 3.63) is 22.4 Å². The number of nitrogens with two attached hydrogens (primary N) is 1. The maximum atomic E-state index is 11.9. The maximum absolute atomic E-state index is 11.9. The van der Waals surface area contributed by atoms with Crippen LogP contribution < -0.4 is 11.1 Å². The van der Waals surface area contributed by atoms with Crippen LogP contribution in [0, 0.1) is 0 Å². The molecule has 0 saturated heterocycles. The van der Waals surface area contributed by atoms with Crippen molar-refractivity contribution in [2.24, 2.45) is 5.73 Å². The van der Waals surface area contributed by atoms with Gasteiger partial charge in [0.25, 0.3) is 0 Å². The van der Waals surface area contributed by atoms with Gasteiger partial charge in [0, 0.05) is 18.3 Å². The molecule has 8 heteroatoms. The predicted octanol–water partition coefficient (Wildman–Crippen LogP) is 0.608. The predicted molar refractivity (Wildman–Crippen MR) is 74.2 cm³/mol. The summed E-state index contributed by atoms with van der Waals surface area (Å²) in [6.07, 6.45) is -0.116. The van der Waals surface area contributed by atoms with E-state index in [1.165, 1.54) is 16.2 Å². The lowest BCUT2D eigenvalue weighted by Crippen LogP contribution is -2.46. The fourth-order valence-electron chi connectivity index (χ4n) is 1.51. The van der Waals surface area contributed by atoms with Gasteiger partial charge >= 0.3 is 12.0 Å². The molecule has 1 atom stereocenters. The molecule has 0 aliphatic rings. The number of rotatable bonds is 7. The molecule has 4 N–H and O–H groups in total. The highest BCUT2D eigenvalue weighted by Gasteiger charge is 2.22. The van der Waals surface area contributed by atoms with Crippen molar-refractivity contribution in [2.45, 2.75) is 25.4 Å². The largest absolute Gasteiger partial charge is 0.480 e. The first kappa shape index (κ1) is 16.0. The summed E-state index contributed by atoms with van der Waals surface area (Å²) in [5, 5.41) is 13.3. The highest BCUT2D eigenvalue weighted by atomic mass is 32.1. The Morgan fingerprint density at radius 2 is 2.20 bits per heavy atom. The van der Waals surface area contributed by atoms with E-state index < -0.39 is 23.9 Å². The topological polar surface area (TPSA) is 113 Å². The molecule has 0 radical (unpaired) electrons. The summed E-state index contributed by atoms with van der Waals surface area (Å²) in [5.41, 5.74) is 4.97. The van der Waals surface area contributed by atoms with E-state index in [9.17, 15) is 14.4 Å². The molecule has 20 heavy (non-hydrogen) atoms. The van der Waals surface area contributed by atoms with Crippen molar-refractivity contribution in [2.75, 3.05) is 7.05 Å². The molecule has 0 bridgehead atoms. The molecule has 110 valence electrons. The van der Waals surface area contributed by atoms with Crippen molar-refractivity contribution < 1.29 is 19.5 Å².